The van der Waals surface area contributed by atoms with Crippen LogP contribution in [0.2, 0.25) is 0 Å². The second-order valence-electron chi connectivity index (χ2n) is 5.47. The summed E-state index contributed by atoms with van der Waals surface area (Å²) in [4.78, 5) is 43.8. The van der Waals surface area contributed by atoms with Gasteiger partial charge in [0.2, 0.25) is 0 Å². The van der Waals surface area contributed by atoms with Gasteiger partial charge in [-0.1, -0.05) is 47.6 Å². The number of hydrogen-bond donors (Lipinski definition) is 2. The minimum atomic E-state index is -0.744. The van der Waals surface area contributed by atoms with E-state index in [2.05, 4.69) is 15.6 Å². The van der Waals surface area contributed by atoms with Gasteiger partial charge in [0.15, 0.2) is 6.61 Å². The first-order valence-corrected chi connectivity index (χ1v) is 7.82. The Bertz CT molecular complexity index is 1080. The van der Waals surface area contributed by atoms with Crippen LogP contribution in [0.1, 0.15) is 12.5 Å². The van der Waals surface area contributed by atoms with Gasteiger partial charge in [0.25, 0.3) is 11.5 Å². The zero-order chi connectivity index (χ0) is 18.5. The number of nitrogens with zero attached hydrogens (tertiary/aromatic N) is 2. The number of carbonyl (C=O) groups is 1. The van der Waals surface area contributed by atoms with E-state index in [4.69, 9.17) is 4.84 Å². The minimum Gasteiger partial charge on any atom is -0.385 e. The molecule has 26 heavy (non-hydrogen) atoms. The smallest absolute Gasteiger partial charge is 0.348 e. The molecule has 0 saturated heterocycles. The maximum atomic E-state index is 12.3. The summed E-state index contributed by atoms with van der Waals surface area (Å²) >= 11 is 0. The lowest BCUT2D eigenvalue weighted by Gasteiger charge is -2.07. The lowest BCUT2D eigenvalue weighted by atomic mass is 10.1. The molecule has 0 aliphatic rings. The first kappa shape index (κ1) is 17.2. The summed E-state index contributed by atoms with van der Waals surface area (Å²) in [5.41, 5.74) is 2.69. The summed E-state index contributed by atoms with van der Waals surface area (Å²) in [6.45, 7) is 1.30. The van der Waals surface area contributed by atoms with Crippen LogP contribution < -0.4 is 16.7 Å². The zero-order valence-electron chi connectivity index (χ0n) is 13.9. The van der Waals surface area contributed by atoms with E-state index < -0.39 is 23.8 Å². The monoisotopic (exact) mass is 352 g/mol. The van der Waals surface area contributed by atoms with E-state index in [0.717, 1.165) is 5.56 Å². The molecule has 2 aromatic carbocycles. The van der Waals surface area contributed by atoms with Crippen LogP contribution in [0.3, 0.4) is 0 Å². The standard InChI is InChI=1S/C18H16N4O4/c1-12(13-7-3-2-4-8-13)21-26-11-16(23)20-22-17(24)14-9-5-6-10-15(14)19-18(22)25/h2-10H,11H2,1H3,(H,19,25)(H,20,23). The Morgan fingerprint density at radius 1 is 1.12 bits per heavy atom. The summed E-state index contributed by atoms with van der Waals surface area (Å²) < 4.78 is 0.613. The Kier molecular flexibility index (Phi) is 4.93. The highest BCUT2D eigenvalue weighted by molar-refractivity contribution is 5.98. The van der Waals surface area contributed by atoms with Gasteiger partial charge in [0.1, 0.15) is 0 Å². The van der Waals surface area contributed by atoms with Crippen molar-refractivity contribution in [1.82, 2.24) is 9.66 Å². The molecule has 0 spiro atoms. The highest BCUT2D eigenvalue weighted by Gasteiger charge is 2.10. The number of fused-ring (bicyclic) bond motifs is 1. The highest BCUT2D eigenvalue weighted by Crippen LogP contribution is 2.03. The van der Waals surface area contributed by atoms with Crippen molar-refractivity contribution in [2.45, 2.75) is 6.92 Å². The Labute approximate surface area is 147 Å². The summed E-state index contributed by atoms with van der Waals surface area (Å²) in [6.07, 6.45) is 0. The number of H-pyrrole nitrogens is 1. The lowest BCUT2D eigenvalue weighted by Crippen LogP contribution is -2.44. The van der Waals surface area contributed by atoms with E-state index in [0.29, 0.717) is 15.9 Å². The van der Waals surface area contributed by atoms with Crippen molar-refractivity contribution in [3.63, 3.8) is 0 Å². The lowest BCUT2D eigenvalue weighted by molar-refractivity contribution is -0.121. The van der Waals surface area contributed by atoms with E-state index in [-0.39, 0.29) is 5.39 Å². The number of amides is 1. The van der Waals surface area contributed by atoms with Crippen LogP contribution in [0.4, 0.5) is 0 Å². The number of oxime groups is 1. The minimum absolute atomic E-state index is 0.284. The molecule has 0 radical (unpaired) electrons. The third-order valence-corrected chi connectivity index (χ3v) is 3.63. The number of hydrogen-bond acceptors (Lipinski definition) is 5. The summed E-state index contributed by atoms with van der Waals surface area (Å²) in [7, 11) is 0. The van der Waals surface area contributed by atoms with Crippen LogP contribution in [0.15, 0.2) is 69.3 Å². The van der Waals surface area contributed by atoms with Gasteiger partial charge in [-0.2, -0.15) is 4.68 Å². The van der Waals surface area contributed by atoms with E-state index >= 15 is 0 Å². The number of carbonyl (C=O) groups excluding carboxylic acids is 1. The Morgan fingerprint density at radius 2 is 1.81 bits per heavy atom. The van der Waals surface area contributed by atoms with Gasteiger partial charge in [-0.3, -0.25) is 15.0 Å². The van der Waals surface area contributed by atoms with Crippen molar-refractivity contribution in [2.75, 3.05) is 12.0 Å². The largest absolute Gasteiger partial charge is 0.385 e. The van der Waals surface area contributed by atoms with Crippen molar-refractivity contribution >= 4 is 22.5 Å². The summed E-state index contributed by atoms with van der Waals surface area (Å²) in [6, 6.07) is 15.8. The molecular weight excluding hydrogens is 336 g/mol. The molecule has 2 N–H and O–H groups in total. The average molecular weight is 352 g/mol. The average Bonchev–Trinajstić information content (AvgIpc) is 2.66. The molecule has 0 bridgehead atoms. The molecule has 0 atom stereocenters. The normalized spacial score (nSPS) is 11.3. The Hall–Kier alpha value is -3.68. The molecule has 1 aromatic heterocycles. The second-order valence-corrected chi connectivity index (χ2v) is 5.47. The van der Waals surface area contributed by atoms with Crippen LogP contribution in [0.25, 0.3) is 10.9 Å². The van der Waals surface area contributed by atoms with E-state index in [9.17, 15) is 14.4 Å². The van der Waals surface area contributed by atoms with Gasteiger partial charge in [-0.05, 0) is 24.6 Å². The van der Waals surface area contributed by atoms with Crippen molar-refractivity contribution in [2.24, 2.45) is 5.16 Å². The first-order valence-electron chi connectivity index (χ1n) is 7.82. The molecule has 0 aliphatic heterocycles. The molecular formula is C18H16N4O4. The van der Waals surface area contributed by atoms with Gasteiger partial charge < -0.3 is 9.82 Å². The topological polar surface area (TPSA) is 106 Å². The molecule has 0 unspecified atom stereocenters. The van der Waals surface area contributed by atoms with Gasteiger partial charge in [-0.15, -0.1) is 0 Å². The molecule has 3 rings (SSSR count). The fraction of sp³-hybridized carbons (Fsp3) is 0.111. The first-order chi connectivity index (χ1) is 12.6. The Morgan fingerprint density at radius 3 is 2.58 bits per heavy atom. The fourth-order valence-corrected chi connectivity index (χ4v) is 2.34. The van der Waals surface area contributed by atoms with Crippen LogP contribution in [-0.2, 0) is 9.63 Å². The van der Waals surface area contributed by atoms with Crippen LogP contribution in [0.5, 0.6) is 0 Å². The fourth-order valence-electron chi connectivity index (χ4n) is 2.34. The number of para-hydroxylation sites is 1. The van der Waals surface area contributed by atoms with Gasteiger partial charge >= 0.3 is 5.69 Å². The summed E-state index contributed by atoms with van der Waals surface area (Å²) in [5.74, 6) is -0.683. The predicted octanol–water partition coefficient (Wildman–Crippen LogP) is 1.20. The van der Waals surface area contributed by atoms with E-state index in [1.165, 1.54) is 0 Å². The molecule has 0 aliphatic carbocycles. The molecule has 3 aromatic rings. The molecule has 1 amide bonds. The van der Waals surface area contributed by atoms with Gasteiger partial charge in [-0.25, -0.2) is 4.79 Å². The number of aromatic amines is 1. The Balaban J connectivity index is 1.70. The van der Waals surface area contributed by atoms with Crippen molar-refractivity contribution < 1.29 is 9.63 Å². The third kappa shape index (κ3) is 3.69. The van der Waals surface area contributed by atoms with Crippen molar-refractivity contribution in [1.29, 1.82) is 0 Å². The van der Waals surface area contributed by atoms with Crippen LogP contribution >= 0.6 is 0 Å². The number of benzene rings is 2. The maximum absolute atomic E-state index is 12.3. The molecule has 132 valence electrons. The van der Waals surface area contributed by atoms with Gasteiger partial charge in [0.05, 0.1) is 16.6 Å². The van der Waals surface area contributed by atoms with E-state index in [1.54, 1.807) is 31.2 Å². The quantitative estimate of drug-likeness (QED) is 0.532. The van der Waals surface area contributed by atoms with Gasteiger partial charge in [0, 0.05) is 0 Å². The van der Waals surface area contributed by atoms with Crippen molar-refractivity contribution in [3.8, 4) is 0 Å². The van der Waals surface area contributed by atoms with Crippen LogP contribution in [-0.4, -0.2) is 27.9 Å². The SMILES string of the molecule is CC(=NOCC(=O)Nn1c(=O)[nH]c2ccccc2c1=O)c1ccccc1. The second kappa shape index (κ2) is 7.47. The maximum Gasteiger partial charge on any atom is 0.348 e. The third-order valence-electron chi connectivity index (χ3n) is 3.63. The molecule has 8 heteroatoms. The highest BCUT2D eigenvalue weighted by atomic mass is 16.6. The van der Waals surface area contributed by atoms with Crippen molar-refractivity contribution in [3.05, 3.63) is 81.0 Å². The zero-order valence-corrected chi connectivity index (χ0v) is 13.9. The molecule has 8 nitrogen and oxygen atoms in total. The number of nitrogens with one attached hydrogen (secondary N) is 2. The predicted molar refractivity (Wildman–Crippen MR) is 97.8 cm³/mol. The van der Waals surface area contributed by atoms with Crippen LogP contribution in [0, 0.1) is 0 Å². The molecule has 0 fully saturated rings. The van der Waals surface area contributed by atoms with E-state index in [1.807, 2.05) is 30.3 Å². The number of rotatable bonds is 5. The number of aromatic nitrogens is 2. The molecule has 0 saturated carbocycles. The molecule has 1 heterocycles. The summed E-state index contributed by atoms with van der Waals surface area (Å²) in [5, 5.41) is 4.14.